The minimum Gasteiger partial charge on any atom is -0.375 e. The lowest BCUT2D eigenvalue weighted by molar-refractivity contribution is 0.627. The number of aryl methyl sites for hydroxylation is 1. The second-order valence-corrected chi connectivity index (χ2v) is 5.79. The van der Waals surface area contributed by atoms with Crippen LogP contribution in [0.15, 0.2) is 34.9 Å². The maximum atomic E-state index is 13.2. The second kappa shape index (κ2) is 5.10. The lowest BCUT2D eigenvalue weighted by Gasteiger charge is -2.17. The average molecular weight is 342 g/mol. The van der Waals surface area contributed by atoms with E-state index in [9.17, 15) is 4.39 Å². The van der Waals surface area contributed by atoms with Gasteiger partial charge in [0.05, 0.1) is 22.4 Å². The van der Waals surface area contributed by atoms with Gasteiger partial charge in [0.25, 0.3) is 0 Å². The van der Waals surface area contributed by atoms with Crippen molar-refractivity contribution in [3.8, 4) is 0 Å². The Labute approximate surface area is 124 Å². The number of rotatable bonds is 2. The highest BCUT2D eigenvalue weighted by Crippen LogP contribution is 2.38. The molecular weight excluding hydrogens is 331 g/mol. The van der Waals surface area contributed by atoms with Gasteiger partial charge in [-0.3, -0.25) is 4.98 Å². The zero-order chi connectivity index (χ0) is 13.4. The molecule has 1 heterocycles. The Kier molecular flexibility index (Phi) is 3.46. The number of hydrogen-bond donors (Lipinski definition) is 1. The van der Waals surface area contributed by atoms with E-state index in [1.807, 2.05) is 6.07 Å². The third-order valence-corrected chi connectivity index (χ3v) is 4.21. The second-order valence-electron chi connectivity index (χ2n) is 4.53. The van der Waals surface area contributed by atoms with Crippen LogP contribution in [0.2, 0.25) is 5.02 Å². The van der Waals surface area contributed by atoms with Gasteiger partial charge in [-0.25, -0.2) is 4.39 Å². The standard InChI is InChI=1S/C14H11BrClFN2/c15-10-6-9(17)7-11(16)14(10)19-12-4-3-8-2-1-5-18-13(8)12/h1-2,5-7,12,19H,3-4H2. The molecule has 1 aliphatic carbocycles. The summed E-state index contributed by atoms with van der Waals surface area (Å²) in [6.07, 6.45) is 3.75. The SMILES string of the molecule is Fc1cc(Cl)c(NC2CCc3cccnc32)c(Br)c1. The van der Waals surface area contributed by atoms with Gasteiger partial charge in [0.2, 0.25) is 0 Å². The van der Waals surface area contributed by atoms with Crippen LogP contribution in [0, 0.1) is 5.82 Å². The van der Waals surface area contributed by atoms with Crippen LogP contribution in [0.3, 0.4) is 0 Å². The van der Waals surface area contributed by atoms with Crippen molar-refractivity contribution < 1.29 is 4.39 Å². The number of hydrogen-bond acceptors (Lipinski definition) is 2. The first-order chi connectivity index (χ1) is 9.15. The molecule has 0 saturated carbocycles. The highest BCUT2D eigenvalue weighted by atomic mass is 79.9. The first kappa shape index (κ1) is 12.9. The number of fused-ring (bicyclic) bond motifs is 1. The van der Waals surface area contributed by atoms with Crippen molar-refractivity contribution in [3.05, 3.63) is 57.0 Å². The summed E-state index contributed by atoms with van der Waals surface area (Å²) in [5.41, 5.74) is 3.02. The van der Waals surface area contributed by atoms with Crippen molar-refractivity contribution >= 4 is 33.2 Å². The van der Waals surface area contributed by atoms with Crippen molar-refractivity contribution in [2.75, 3.05) is 5.32 Å². The summed E-state index contributed by atoms with van der Waals surface area (Å²) in [5.74, 6) is -0.354. The van der Waals surface area contributed by atoms with E-state index in [1.54, 1.807) is 6.20 Å². The van der Waals surface area contributed by atoms with E-state index >= 15 is 0 Å². The zero-order valence-corrected chi connectivity index (χ0v) is 12.3. The lowest BCUT2D eigenvalue weighted by Crippen LogP contribution is -2.09. The molecule has 0 bridgehead atoms. The number of pyridine rings is 1. The molecule has 1 aromatic carbocycles. The number of aromatic nitrogens is 1. The van der Waals surface area contributed by atoms with E-state index in [0.29, 0.717) is 15.2 Å². The van der Waals surface area contributed by atoms with Crippen LogP contribution >= 0.6 is 27.5 Å². The first-order valence-electron chi connectivity index (χ1n) is 6.00. The van der Waals surface area contributed by atoms with Gasteiger partial charge >= 0.3 is 0 Å². The van der Waals surface area contributed by atoms with E-state index in [-0.39, 0.29) is 11.9 Å². The van der Waals surface area contributed by atoms with Crippen LogP contribution in [-0.4, -0.2) is 4.98 Å². The van der Waals surface area contributed by atoms with Gasteiger partial charge in [-0.1, -0.05) is 17.7 Å². The fourth-order valence-electron chi connectivity index (χ4n) is 2.41. The quantitative estimate of drug-likeness (QED) is 0.853. The molecule has 0 aliphatic heterocycles. The minimum absolute atomic E-state index is 0.121. The van der Waals surface area contributed by atoms with Gasteiger partial charge < -0.3 is 5.32 Å². The van der Waals surface area contributed by atoms with Crippen LogP contribution in [0.5, 0.6) is 0 Å². The lowest BCUT2D eigenvalue weighted by atomic mass is 10.2. The van der Waals surface area contributed by atoms with Gasteiger partial charge in [0.1, 0.15) is 5.82 Å². The number of nitrogens with one attached hydrogen (secondary N) is 1. The van der Waals surface area contributed by atoms with E-state index in [2.05, 4.69) is 32.3 Å². The van der Waals surface area contributed by atoms with Crippen molar-refractivity contribution in [1.82, 2.24) is 4.98 Å². The Bertz CT molecular complexity index is 610. The molecule has 1 N–H and O–H groups in total. The molecule has 0 radical (unpaired) electrons. The Morgan fingerprint density at radius 2 is 2.26 bits per heavy atom. The van der Waals surface area contributed by atoms with E-state index in [4.69, 9.17) is 11.6 Å². The smallest absolute Gasteiger partial charge is 0.125 e. The third-order valence-electron chi connectivity index (χ3n) is 3.28. The highest BCUT2D eigenvalue weighted by Gasteiger charge is 2.24. The molecule has 1 unspecified atom stereocenters. The van der Waals surface area contributed by atoms with Gasteiger partial charge in [-0.2, -0.15) is 0 Å². The largest absolute Gasteiger partial charge is 0.375 e. The third kappa shape index (κ3) is 2.47. The summed E-state index contributed by atoms with van der Waals surface area (Å²) in [6.45, 7) is 0. The van der Waals surface area contributed by atoms with Crippen LogP contribution < -0.4 is 5.32 Å². The Hall–Kier alpha value is -1.13. The number of halogens is 3. The molecule has 3 rings (SSSR count). The summed E-state index contributed by atoms with van der Waals surface area (Å²) < 4.78 is 13.8. The van der Waals surface area contributed by atoms with Gasteiger partial charge in [0.15, 0.2) is 0 Å². The highest BCUT2D eigenvalue weighted by molar-refractivity contribution is 9.10. The molecule has 0 saturated heterocycles. The Balaban J connectivity index is 1.92. The first-order valence-corrected chi connectivity index (χ1v) is 7.17. The van der Waals surface area contributed by atoms with Crippen LogP contribution in [0.4, 0.5) is 10.1 Å². The summed E-state index contributed by atoms with van der Waals surface area (Å²) in [5, 5.41) is 3.72. The van der Waals surface area contributed by atoms with Gasteiger partial charge in [-0.15, -0.1) is 0 Å². The van der Waals surface area contributed by atoms with Crippen molar-refractivity contribution in [2.24, 2.45) is 0 Å². The molecule has 2 aromatic rings. The molecular formula is C14H11BrClFN2. The van der Waals surface area contributed by atoms with Crippen LogP contribution in [0.1, 0.15) is 23.7 Å². The van der Waals surface area contributed by atoms with Crippen LogP contribution in [-0.2, 0) is 6.42 Å². The molecule has 19 heavy (non-hydrogen) atoms. The predicted octanol–water partition coefficient (Wildman–Crippen LogP) is 4.74. The molecule has 98 valence electrons. The number of anilines is 1. The fraction of sp³-hybridized carbons (Fsp3) is 0.214. The molecule has 1 atom stereocenters. The summed E-state index contributed by atoms with van der Waals surface area (Å²) in [6, 6.07) is 6.87. The fourth-order valence-corrected chi connectivity index (χ4v) is 3.33. The van der Waals surface area contributed by atoms with E-state index < -0.39 is 0 Å². The van der Waals surface area contributed by atoms with E-state index in [1.165, 1.54) is 17.7 Å². The molecule has 1 aliphatic rings. The molecule has 2 nitrogen and oxygen atoms in total. The number of nitrogens with zero attached hydrogens (tertiary/aromatic N) is 1. The Morgan fingerprint density at radius 3 is 3.05 bits per heavy atom. The summed E-state index contributed by atoms with van der Waals surface area (Å²) in [7, 11) is 0. The summed E-state index contributed by atoms with van der Waals surface area (Å²) >= 11 is 9.43. The summed E-state index contributed by atoms with van der Waals surface area (Å²) in [4.78, 5) is 4.42. The monoisotopic (exact) mass is 340 g/mol. The molecule has 0 spiro atoms. The topological polar surface area (TPSA) is 24.9 Å². The molecule has 0 amide bonds. The molecule has 5 heteroatoms. The number of benzene rings is 1. The van der Waals surface area contributed by atoms with Crippen molar-refractivity contribution in [2.45, 2.75) is 18.9 Å². The normalized spacial score (nSPS) is 17.3. The van der Waals surface area contributed by atoms with Crippen LogP contribution in [0.25, 0.3) is 0 Å². The predicted molar refractivity (Wildman–Crippen MR) is 78.0 cm³/mol. The van der Waals surface area contributed by atoms with Gasteiger partial charge in [0, 0.05) is 10.7 Å². The zero-order valence-electron chi connectivity index (χ0n) is 9.96. The minimum atomic E-state index is -0.354. The maximum Gasteiger partial charge on any atom is 0.125 e. The molecule has 1 aromatic heterocycles. The van der Waals surface area contributed by atoms with Crippen molar-refractivity contribution in [3.63, 3.8) is 0 Å². The maximum absolute atomic E-state index is 13.2. The Morgan fingerprint density at radius 1 is 1.42 bits per heavy atom. The van der Waals surface area contributed by atoms with E-state index in [0.717, 1.165) is 18.5 Å². The average Bonchev–Trinajstić information content (AvgIpc) is 2.77. The molecule has 0 fully saturated rings. The van der Waals surface area contributed by atoms with Gasteiger partial charge in [-0.05, 0) is 52.5 Å². The van der Waals surface area contributed by atoms with Crippen molar-refractivity contribution in [1.29, 1.82) is 0 Å².